The first-order valence-electron chi connectivity index (χ1n) is 11.1. The van der Waals surface area contributed by atoms with Crippen molar-refractivity contribution in [2.75, 3.05) is 13.6 Å². The van der Waals surface area contributed by atoms with E-state index in [1.807, 2.05) is 46.8 Å². The molecular weight excluding hydrogens is 398 g/mol. The van der Waals surface area contributed by atoms with Crippen molar-refractivity contribution in [3.63, 3.8) is 0 Å². The summed E-state index contributed by atoms with van der Waals surface area (Å²) in [5.41, 5.74) is 1.77. The SMILES string of the molecule is CCCCn1c(CN(C)CC(O)c2ccccc2)cnc1S(=O)(=O)C1CCCCC1. The Morgan fingerprint density at radius 1 is 1.20 bits per heavy atom. The fourth-order valence-electron chi connectivity index (χ4n) is 4.24. The van der Waals surface area contributed by atoms with E-state index in [0.29, 0.717) is 19.6 Å². The van der Waals surface area contributed by atoms with Crippen molar-refractivity contribution in [3.8, 4) is 0 Å². The van der Waals surface area contributed by atoms with Gasteiger partial charge in [0.05, 0.1) is 23.2 Å². The van der Waals surface area contributed by atoms with Crippen LogP contribution in [0.2, 0.25) is 0 Å². The van der Waals surface area contributed by atoms with Crippen molar-refractivity contribution >= 4 is 9.84 Å². The van der Waals surface area contributed by atoms with Crippen LogP contribution in [0.1, 0.15) is 69.2 Å². The van der Waals surface area contributed by atoms with Gasteiger partial charge in [0.1, 0.15) is 0 Å². The average molecular weight is 434 g/mol. The van der Waals surface area contributed by atoms with Crippen LogP contribution < -0.4 is 0 Å². The molecule has 166 valence electrons. The lowest BCUT2D eigenvalue weighted by Crippen LogP contribution is -2.28. The zero-order valence-electron chi connectivity index (χ0n) is 18.2. The van der Waals surface area contributed by atoms with Crippen molar-refractivity contribution in [1.82, 2.24) is 14.5 Å². The van der Waals surface area contributed by atoms with Gasteiger partial charge >= 0.3 is 0 Å². The number of likely N-dealkylation sites (N-methyl/N-ethyl adjacent to an activating group) is 1. The van der Waals surface area contributed by atoms with Gasteiger partial charge in [0.15, 0.2) is 0 Å². The highest BCUT2D eigenvalue weighted by molar-refractivity contribution is 7.91. The van der Waals surface area contributed by atoms with E-state index < -0.39 is 15.9 Å². The minimum absolute atomic E-state index is 0.231. The second-order valence-electron chi connectivity index (χ2n) is 8.47. The molecule has 0 saturated heterocycles. The molecule has 1 fully saturated rings. The first-order chi connectivity index (χ1) is 14.4. The predicted molar refractivity (Wildman–Crippen MR) is 119 cm³/mol. The summed E-state index contributed by atoms with van der Waals surface area (Å²) in [6.45, 7) is 3.77. The second-order valence-corrected chi connectivity index (χ2v) is 10.6. The summed E-state index contributed by atoms with van der Waals surface area (Å²) < 4.78 is 28.5. The number of sulfone groups is 1. The van der Waals surface area contributed by atoms with E-state index in [1.165, 1.54) is 0 Å². The molecule has 3 rings (SSSR count). The Balaban J connectivity index is 1.77. The number of aromatic nitrogens is 2. The van der Waals surface area contributed by atoms with Gasteiger partial charge in [-0.25, -0.2) is 13.4 Å². The number of benzene rings is 1. The molecular formula is C23H35N3O3S. The van der Waals surface area contributed by atoms with Gasteiger partial charge in [0.2, 0.25) is 15.0 Å². The lowest BCUT2D eigenvalue weighted by atomic mass is 10.0. The topological polar surface area (TPSA) is 75.4 Å². The first kappa shape index (κ1) is 23.0. The second kappa shape index (κ2) is 10.6. The van der Waals surface area contributed by atoms with Gasteiger partial charge in [0.25, 0.3) is 0 Å². The fraction of sp³-hybridized carbons (Fsp3) is 0.609. The molecule has 1 aromatic carbocycles. The third-order valence-electron chi connectivity index (χ3n) is 5.98. The molecule has 1 aliphatic carbocycles. The third kappa shape index (κ3) is 5.50. The summed E-state index contributed by atoms with van der Waals surface area (Å²) in [4.78, 5) is 6.41. The molecule has 1 heterocycles. The number of aliphatic hydroxyl groups is 1. The van der Waals surface area contributed by atoms with Gasteiger partial charge < -0.3 is 9.67 Å². The molecule has 1 unspecified atom stereocenters. The number of unbranched alkanes of at least 4 members (excludes halogenated alkanes) is 1. The molecule has 7 heteroatoms. The summed E-state index contributed by atoms with van der Waals surface area (Å²) in [5, 5.41) is 10.4. The lowest BCUT2D eigenvalue weighted by molar-refractivity contribution is 0.122. The van der Waals surface area contributed by atoms with E-state index in [4.69, 9.17) is 0 Å². The van der Waals surface area contributed by atoms with E-state index in [2.05, 4.69) is 11.9 Å². The quantitative estimate of drug-likeness (QED) is 0.614. The van der Waals surface area contributed by atoms with Gasteiger partial charge in [-0.05, 0) is 31.9 Å². The van der Waals surface area contributed by atoms with Crippen molar-refractivity contribution in [3.05, 3.63) is 47.8 Å². The van der Waals surface area contributed by atoms with Crippen LogP contribution >= 0.6 is 0 Å². The van der Waals surface area contributed by atoms with Crippen molar-refractivity contribution in [1.29, 1.82) is 0 Å². The van der Waals surface area contributed by atoms with Gasteiger partial charge in [-0.1, -0.05) is 62.9 Å². The van der Waals surface area contributed by atoms with Crippen molar-refractivity contribution in [2.24, 2.45) is 0 Å². The molecule has 1 atom stereocenters. The third-order valence-corrected chi connectivity index (χ3v) is 8.17. The summed E-state index contributed by atoms with van der Waals surface area (Å²) in [6.07, 6.45) is 7.57. The number of rotatable bonds is 10. The van der Waals surface area contributed by atoms with Gasteiger partial charge in [0, 0.05) is 19.6 Å². The van der Waals surface area contributed by atoms with E-state index in [9.17, 15) is 13.5 Å². The zero-order chi connectivity index (χ0) is 21.6. The minimum atomic E-state index is -3.42. The van der Waals surface area contributed by atoms with Crippen LogP contribution in [0.15, 0.2) is 41.7 Å². The largest absolute Gasteiger partial charge is 0.387 e. The Hall–Kier alpha value is -1.70. The molecule has 0 bridgehead atoms. The Labute approximate surface area is 180 Å². The molecule has 0 aliphatic heterocycles. The summed E-state index contributed by atoms with van der Waals surface area (Å²) >= 11 is 0. The van der Waals surface area contributed by atoms with E-state index in [0.717, 1.165) is 56.2 Å². The maximum Gasteiger partial charge on any atom is 0.228 e. The molecule has 30 heavy (non-hydrogen) atoms. The predicted octanol–water partition coefficient (Wildman–Crippen LogP) is 3.96. The highest BCUT2D eigenvalue weighted by Crippen LogP contribution is 2.29. The van der Waals surface area contributed by atoms with E-state index in [1.54, 1.807) is 6.20 Å². The number of imidazole rings is 1. The highest BCUT2D eigenvalue weighted by atomic mass is 32.2. The normalized spacial score (nSPS) is 16.8. The van der Waals surface area contributed by atoms with Crippen molar-refractivity contribution < 1.29 is 13.5 Å². The molecule has 0 radical (unpaired) electrons. The molecule has 6 nitrogen and oxygen atoms in total. The number of nitrogens with zero attached hydrogens (tertiary/aromatic N) is 3. The van der Waals surface area contributed by atoms with Crippen LogP contribution in [0, 0.1) is 0 Å². The molecule has 0 spiro atoms. The monoisotopic (exact) mass is 433 g/mol. The van der Waals surface area contributed by atoms with Gasteiger partial charge in [-0.15, -0.1) is 0 Å². The average Bonchev–Trinajstić information content (AvgIpc) is 3.16. The number of aliphatic hydroxyl groups excluding tert-OH is 1. The number of hydrogen-bond donors (Lipinski definition) is 1. The maximum atomic E-state index is 13.3. The molecule has 1 N–H and O–H groups in total. The Morgan fingerprint density at radius 3 is 2.57 bits per heavy atom. The lowest BCUT2D eigenvalue weighted by Gasteiger charge is -2.23. The summed E-state index contributed by atoms with van der Waals surface area (Å²) in [7, 11) is -1.48. The maximum absolute atomic E-state index is 13.3. The van der Waals surface area contributed by atoms with Gasteiger partial charge in [-0.3, -0.25) is 4.90 Å². The smallest absolute Gasteiger partial charge is 0.228 e. The van der Waals surface area contributed by atoms with Crippen LogP contribution in [0.4, 0.5) is 0 Å². The van der Waals surface area contributed by atoms with Crippen LogP contribution in [-0.2, 0) is 22.9 Å². The van der Waals surface area contributed by atoms with E-state index in [-0.39, 0.29) is 10.4 Å². The Bertz CT molecular complexity index is 890. The van der Waals surface area contributed by atoms with Crippen LogP contribution in [0.5, 0.6) is 0 Å². The first-order valence-corrected chi connectivity index (χ1v) is 12.7. The zero-order valence-corrected chi connectivity index (χ0v) is 19.0. The van der Waals surface area contributed by atoms with Crippen LogP contribution in [0.25, 0.3) is 0 Å². The van der Waals surface area contributed by atoms with Crippen LogP contribution in [0.3, 0.4) is 0 Å². The number of hydrogen-bond acceptors (Lipinski definition) is 5. The molecule has 1 saturated carbocycles. The van der Waals surface area contributed by atoms with Crippen LogP contribution in [-0.4, -0.2) is 46.8 Å². The minimum Gasteiger partial charge on any atom is -0.387 e. The molecule has 1 aromatic heterocycles. The molecule has 1 aliphatic rings. The van der Waals surface area contributed by atoms with Crippen molar-refractivity contribution in [2.45, 2.75) is 81.5 Å². The summed E-state index contributed by atoms with van der Waals surface area (Å²) in [5.74, 6) is 0. The van der Waals surface area contributed by atoms with Gasteiger partial charge in [-0.2, -0.15) is 0 Å². The summed E-state index contributed by atoms with van der Waals surface area (Å²) in [6, 6.07) is 9.60. The Morgan fingerprint density at radius 2 is 1.90 bits per heavy atom. The van der Waals surface area contributed by atoms with E-state index >= 15 is 0 Å². The molecule has 2 aromatic rings. The molecule has 0 amide bonds. The standard InChI is InChI=1S/C23H35N3O3S/c1-3-4-15-26-20(17-25(2)18-22(27)19-11-7-5-8-12-19)16-24-23(26)30(28,29)21-13-9-6-10-14-21/h5,7-8,11-12,16,21-22,27H,3-4,6,9-10,13-15,17-18H2,1-2H3. The highest BCUT2D eigenvalue weighted by Gasteiger charge is 2.33. The fourth-order valence-corrected chi connectivity index (χ4v) is 6.21. The Kier molecular flexibility index (Phi) is 8.08.